The van der Waals surface area contributed by atoms with Crippen LogP contribution in [0.25, 0.3) is 0 Å². The van der Waals surface area contributed by atoms with E-state index in [-0.39, 0.29) is 0 Å². The molecule has 0 N–H and O–H groups in total. The highest BCUT2D eigenvalue weighted by Gasteiger charge is 2.19. The molecule has 0 spiro atoms. The number of halogens is 1. The fourth-order valence-electron chi connectivity index (χ4n) is 0.751. The van der Waals surface area contributed by atoms with E-state index in [9.17, 15) is 8.42 Å². The minimum Gasteiger partial charge on any atom is -0.256 e. The van der Waals surface area contributed by atoms with Crippen LogP contribution in [0.1, 0.15) is 0 Å². The number of rotatable bonds is 1. The predicted molar refractivity (Wildman–Crippen MR) is 44.6 cm³/mol. The Morgan fingerprint density at radius 1 is 1.45 bits per heavy atom. The monoisotopic (exact) mass is 193 g/mol. The first kappa shape index (κ1) is 8.62. The van der Waals surface area contributed by atoms with Gasteiger partial charge in [0.1, 0.15) is 5.50 Å². The zero-order valence-corrected chi connectivity index (χ0v) is 7.51. The Labute approximate surface area is 71.0 Å². The van der Waals surface area contributed by atoms with E-state index in [1.54, 1.807) is 18.2 Å². The van der Waals surface area contributed by atoms with E-state index in [1.807, 2.05) is 0 Å². The molecule has 0 radical (unpaired) electrons. The summed E-state index contributed by atoms with van der Waals surface area (Å²) in [4.78, 5) is 0. The second-order valence-electron chi connectivity index (χ2n) is 2.19. The van der Waals surface area contributed by atoms with Crippen molar-refractivity contribution in [1.29, 1.82) is 0 Å². The van der Waals surface area contributed by atoms with Crippen LogP contribution in [-0.4, -0.2) is 24.5 Å². The molecule has 3 nitrogen and oxygen atoms in total. The van der Waals surface area contributed by atoms with E-state index in [0.29, 0.717) is 0 Å². The van der Waals surface area contributed by atoms with E-state index in [0.717, 1.165) is 10.6 Å². The molecule has 1 aliphatic rings. The van der Waals surface area contributed by atoms with Crippen molar-refractivity contribution in [2.45, 2.75) is 5.50 Å². The normalized spacial score (nSPS) is 24.2. The number of alkyl halides is 1. The van der Waals surface area contributed by atoms with Crippen molar-refractivity contribution in [3.63, 3.8) is 0 Å². The molecule has 1 aliphatic heterocycles. The number of hydrogen-bond donors (Lipinski definition) is 0. The summed E-state index contributed by atoms with van der Waals surface area (Å²) < 4.78 is 23.0. The van der Waals surface area contributed by atoms with Crippen molar-refractivity contribution in [2.75, 3.05) is 6.26 Å². The molecule has 0 fully saturated rings. The van der Waals surface area contributed by atoms with Gasteiger partial charge < -0.3 is 0 Å². The molecule has 0 amide bonds. The molecule has 11 heavy (non-hydrogen) atoms. The van der Waals surface area contributed by atoms with Crippen LogP contribution in [0.15, 0.2) is 24.4 Å². The number of hydrogen-bond acceptors (Lipinski definition) is 2. The van der Waals surface area contributed by atoms with Crippen LogP contribution in [-0.2, 0) is 10.0 Å². The molecular weight excluding hydrogens is 186 g/mol. The van der Waals surface area contributed by atoms with Crippen LogP contribution in [0.5, 0.6) is 0 Å². The predicted octanol–water partition coefficient (Wildman–Crippen LogP) is 0.896. The van der Waals surface area contributed by atoms with Crippen LogP contribution >= 0.6 is 11.6 Å². The SMILES string of the molecule is CS(=O)(=O)N1C=CC=CC1Cl. The highest BCUT2D eigenvalue weighted by molar-refractivity contribution is 7.88. The summed E-state index contributed by atoms with van der Waals surface area (Å²) in [5.74, 6) is 0. The van der Waals surface area contributed by atoms with Gasteiger partial charge in [0, 0.05) is 6.20 Å². The first-order chi connectivity index (χ1) is 5.02. The fraction of sp³-hybridized carbons (Fsp3) is 0.333. The second kappa shape index (κ2) is 2.87. The Kier molecular flexibility index (Phi) is 2.25. The van der Waals surface area contributed by atoms with Gasteiger partial charge in [0.2, 0.25) is 10.0 Å². The molecule has 62 valence electrons. The number of nitrogens with zero attached hydrogens (tertiary/aromatic N) is 1. The standard InChI is InChI=1S/C6H8ClNO2S/c1-11(9,10)8-5-3-2-4-6(8)7/h2-6H,1H3. The first-order valence-corrected chi connectivity index (χ1v) is 5.28. The van der Waals surface area contributed by atoms with Crippen molar-refractivity contribution in [3.8, 4) is 0 Å². The smallest absolute Gasteiger partial charge is 0.233 e. The van der Waals surface area contributed by atoms with Crippen LogP contribution in [0.2, 0.25) is 0 Å². The Morgan fingerprint density at radius 3 is 2.45 bits per heavy atom. The van der Waals surface area contributed by atoms with Crippen molar-refractivity contribution in [2.24, 2.45) is 0 Å². The van der Waals surface area contributed by atoms with Gasteiger partial charge in [-0.3, -0.25) is 4.31 Å². The maximum absolute atomic E-state index is 11.0. The van der Waals surface area contributed by atoms with Crippen molar-refractivity contribution in [3.05, 3.63) is 24.4 Å². The van der Waals surface area contributed by atoms with Gasteiger partial charge in [-0.25, -0.2) is 8.42 Å². The minimum atomic E-state index is -3.21. The lowest BCUT2D eigenvalue weighted by molar-refractivity contribution is 0.510. The third-order valence-corrected chi connectivity index (χ3v) is 2.83. The topological polar surface area (TPSA) is 37.4 Å². The van der Waals surface area contributed by atoms with Gasteiger partial charge in [-0.15, -0.1) is 0 Å². The molecule has 0 saturated heterocycles. The maximum Gasteiger partial charge on any atom is 0.233 e. The Bertz CT molecular complexity index is 294. The summed E-state index contributed by atoms with van der Waals surface area (Å²) in [6.07, 6.45) is 7.49. The molecule has 0 bridgehead atoms. The summed E-state index contributed by atoms with van der Waals surface area (Å²) in [5.41, 5.74) is -0.588. The average Bonchev–Trinajstić information content (AvgIpc) is 1.86. The molecule has 0 saturated carbocycles. The van der Waals surface area contributed by atoms with E-state index in [1.165, 1.54) is 6.20 Å². The van der Waals surface area contributed by atoms with Crippen LogP contribution in [0.4, 0.5) is 0 Å². The van der Waals surface area contributed by atoms with Crippen molar-refractivity contribution in [1.82, 2.24) is 4.31 Å². The van der Waals surface area contributed by atoms with Crippen LogP contribution in [0.3, 0.4) is 0 Å². The van der Waals surface area contributed by atoms with Crippen LogP contribution < -0.4 is 0 Å². The highest BCUT2D eigenvalue weighted by Crippen LogP contribution is 2.15. The van der Waals surface area contributed by atoms with Crippen LogP contribution in [0, 0.1) is 0 Å². The van der Waals surface area contributed by atoms with E-state index in [2.05, 4.69) is 0 Å². The molecule has 1 atom stereocenters. The van der Waals surface area contributed by atoms with Gasteiger partial charge in [0.15, 0.2) is 0 Å². The van der Waals surface area contributed by atoms with Gasteiger partial charge in [-0.05, 0) is 12.2 Å². The lowest BCUT2D eigenvalue weighted by Crippen LogP contribution is -2.31. The molecule has 1 unspecified atom stereocenters. The third-order valence-electron chi connectivity index (χ3n) is 1.24. The zero-order chi connectivity index (χ0) is 8.48. The summed E-state index contributed by atoms with van der Waals surface area (Å²) in [6, 6.07) is 0. The quantitative estimate of drug-likeness (QED) is 0.458. The third kappa shape index (κ3) is 1.97. The van der Waals surface area contributed by atoms with Gasteiger partial charge in [0.05, 0.1) is 6.26 Å². The molecule has 5 heteroatoms. The lowest BCUT2D eigenvalue weighted by atomic mass is 10.4. The molecule has 0 aromatic carbocycles. The summed E-state index contributed by atoms with van der Waals surface area (Å²) in [5, 5.41) is 0. The lowest BCUT2D eigenvalue weighted by Gasteiger charge is -2.22. The van der Waals surface area contributed by atoms with E-state index >= 15 is 0 Å². The molecule has 0 aliphatic carbocycles. The zero-order valence-electron chi connectivity index (χ0n) is 5.94. The minimum absolute atomic E-state index is 0.588. The second-order valence-corrected chi connectivity index (χ2v) is 4.53. The highest BCUT2D eigenvalue weighted by atomic mass is 35.5. The van der Waals surface area contributed by atoms with Gasteiger partial charge >= 0.3 is 0 Å². The maximum atomic E-state index is 11.0. The summed E-state index contributed by atoms with van der Waals surface area (Å²) >= 11 is 5.68. The fourth-order valence-corrected chi connectivity index (χ4v) is 2.06. The Morgan fingerprint density at radius 2 is 2.09 bits per heavy atom. The van der Waals surface area contributed by atoms with Gasteiger partial charge in [0.25, 0.3) is 0 Å². The Balaban J connectivity index is 2.91. The molecule has 1 rings (SSSR count). The summed E-state index contributed by atoms with van der Waals surface area (Å²) in [7, 11) is -3.21. The van der Waals surface area contributed by atoms with E-state index in [4.69, 9.17) is 11.6 Å². The van der Waals surface area contributed by atoms with E-state index < -0.39 is 15.5 Å². The number of allylic oxidation sites excluding steroid dienone is 2. The molecule has 1 heterocycles. The van der Waals surface area contributed by atoms with Crippen molar-refractivity contribution >= 4 is 21.6 Å². The van der Waals surface area contributed by atoms with Gasteiger partial charge in [-0.2, -0.15) is 0 Å². The van der Waals surface area contributed by atoms with Gasteiger partial charge in [-0.1, -0.05) is 17.7 Å². The first-order valence-electron chi connectivity index (χ1n) is 2.99. The molecular formula is C6H8ClNO2S. The van der Waals surface area contributed by atoms with Crippen molar-refractivity contribution < 1.29 is 8.42 Å². The Hall–Kier alpha value is -0.480. The average molecular weight is 194 g/mol. The molecule has 0 aromatic rings. The molecule has 0 aromatic heterocycles. The summed E-state index contributed by atoms with van der Waals surface area (Å²) in [6.45, 7) is 0. The largest absolute Gasteiger partial charge is 0.256 e. The number of sulfonamides is 1.